The van der Waals surface area contributed by atoms with E-state index in [2.05, 4.69) is 5.32 Å². The van der Waals surface area contributed by atoms with Gasteiger partial charge in [-0.25, -0.2) is 8.42 Å². The van der Waals surface area contributed by atoms with Crippen LogP contribution in [0.4, 0.5) is 0 Å². The molecule has 1 aliphatic heterocycles. The van der Waals surface area contributed by atoms with Crippen molar-refractivity contribution in [3.8, 4) is 0 Å². The van der Waals surface area contributed by atoms with Gasteiger partial charge in [0.2, 0.25) is 10.0 Å². The SMILES string of the molecule is CNCc1cc(S(=O)(=O)N(C)C2CCOC2)cn1C(C)C. The van der Waals surface area contributed by atoms with Crippen LogP contribution in [0.5, 0.6) is 0 Å². The van der Waals surface area contributed by atoms with Gasteiger partial charge in [0.25, 0.3) is 0 Å². The largest absolute Gasteiger partial charge is 0.380 e. The lowest BCUT2D eigenvalue weighted by Gasteiger charge is -2.21. The normalized spacial score (nSPS) is 19.8. The van der Waals surface area contributed by atoms with Gasteiger partial charge in [-0.15, -0.1) is 0 Å². The Morgan fingerprint density at radius 3 is 2.76 bits per heavy atom. The summed E-state index contributed by atoms with van der Waals surface area (Å²) in [5.74, 6) is 0. The van der Waals surface area contributed by atoms with Crippen molar-refractivity contribution in [3.63, 3.8) is 0 Å². The molecule has 0 aromatic carbocycles. The lowest BCUT2D eigenvalue weighted by atomic mass is 10.3. The fraction of sp³-hybridized carbons (Fsp3) is 0.714. The molecule has 0 amide bonds. The molecule has 1 aliphatic rings. The summed E-state index contributed by atoms with van der Waals surface area (Å²) in [6.07, 6.45) is 2.49. The van der Waals surface area contributed by atoms with Crippen LogP contribution in [0, 0.1) is 0 Å². The molecule has 2 rings (SSSR count). The monoisotopic (exact) mass is 315 g/mol. The zero-order valence-corrected chi connectivity index (χ0v) is 14.0. The second-order valence-electron chi connectivity index (χ2n) is 5.74. The number of likely N-dealkylation sites (N-methyl/N-ethyl adjacent to an activating group) is 1. The fourth-order valence-corrected chi connectivity index (χ4v) is 4.04. The van der Waals surface area contributed by atoms with Gasteiger partial charge < -0.3 is 14.6 Å². The van der Waals surface area contributed by atoms with Gasteiger partial charge in [0.05, 0.1) is 12.6 Å². The molecule has 2 heterocycles. The standard InChI is InChI=1S/C14H25N3O3S/c1-11(2)17-9-14(7-13(17)8-15-3)21(18,19)16(4)12-5-6-20-10-12/h7,9,11-12,15H,5-6,8,10H2,1-4H3. The first-order valence-electron chi connectivity index (χ1n) is 7.29. The van der Waals surface area contributed by atoms with E-state index in [0.717, 1.165) is 12.1 Å². The van der Waals surface area contributed by atoms with Crippen molar-refractivity contribution in [1.82, 2.24) is 14.2 Å². The number of hydrogen-bond acceptors (Lipinski definition) is 4. The van der Waals surface area contributed by atoms with Crippen LogP contribution in [-0.4, -0.2) is 50.6 Å². The molecule has 0 spiro atoms. The molecule has 0 bridgehead atoms. The molecule has 21 heavy (non-hydrogen) atoms. The van der Waals surface area contributed by atoms with Crippen LogP contribution in [-0.2, 0) is 21.3 Å². The van der Waals surface area contributed by atoms with Gasteiger partial charge in [0, 0.05) is 38.1 Å². The smallest absolute Gasteiger partial charge is 0.244 e. The molecular formula is C14H25N3O3S. The summed E-state index contributed by atoms with van der Waals surface area (Å²) >= 11 is 0. The van der Waals surface area contributed by atoms with E-state index in [4.69, 9.17) is 4.74 Å². The third-order valence-electron chi connectivity index (χ3n) is 3.92. The average Bonchev–Trinajstić information content (AvgIpc) is 3.07. The quantitative estimate of drug-likeness (QED) is 0.857. The molecule has 0 radical (unpaired) electrons. The van der Waals surface area contributed by atoms with Gasteiger partial charge >= 0.3 is 0 Å². The van der Waals surface area contributed by atoms with E-state index < -0.39 is 10.0 Å². The Morgan fingerprint density at radius 1 is 1.52 bits per heavy atom. The van der Waals surface area contributed by atoms with Crippen molar-refractivity contribution >= 4 is 10.0 Å². The highest BCUT2D eigenvalue weighted by molar-refractivity contribution is 7.89. The van der Waals surface area contributed by atoms with Gasteiger partial charge in [0.1, 0.15) is 4.90 Å². The fourth-order valence-electron chi connectivity index (χ4n) is 2.61. The second kappa shape index (κ2) is 6.48. The van der Waals surface area contributed by atoms with E-state index in [-0.39, 0.29) is 12.1 Å². The number of ether oxygens (including phenoxy) is 1. The van der Waals surface area contributed by atoms with E-state index in [1.54, 1.807) is 19.3 Å². The second-order valence-corrected chi connectivity index (χ2v) is 7.73. The molecule has 0 aliphatic carbocycles. The Hall–Kier alpha value is -0.890. The maximum absolute atomic E-state index is 12.7. The molecule has 1 unspecified atom stereocenters. The van der Waals surface area contributed by atoms with Crippen molar-refractivity contribution < 1.29 is 13.2 Å². The van der Waals surface area contributed by atoms with Crippen molar-refractivity contribution in [2.45, 2.75) is 43.8 Å². The summed E-state index contributed by atoms with van der Waals surface area (Å²) in [4.78, 5) is 0.357. The van der Waals surface area contributed by atoms with Crippen LogP contribution in [0.2, 0.25) is 0 Å². The Morgan fingerprint density at radius 2 is 2.24 bits per heavy atom. The minimum Gasteiger partial charge on any atom is -0.380 e. The van der Waals surface area contributed by atoms with Gasteiger partial charge in [0.15, 0.2) is 0 Å². The van der Waals surface area contributed by atoms with Crippen LogP contribution in [0.25, 0.3) is 0 Å². The number of hydrogen-bond donors (Lipinski definition) is 1. The van der Waals surface area contributed by atoms with E-state index in [0.29, 0.717) is 24.7 Å². The number of nitrogens with one attached hydrogen (secondary N) is 1. The number of rotatable bonds is 6. The van der Waals surface area contributed by atoms with E-state index in [1.165, 1.54) is 4.31 Å². The summed E-state index contributed by atoms with van der Waals surface area (Å²) in [6, 6.07) is 1.92. The highest BCUT2D eigenvalue weighted by Crippen LogP contribution is 2.24. The summed E-state index contributed by atoms with van der Waals surface area (Å²) < 4.78 is 34.2. The Balaban J connectivity index is 2.33. The topological polar surface area (TPSA) is 63.6 Å². The van der Waals surface area contributed by atoms with Crippen molar-refractivity contribution in [2.24, 2.45) is 0 Å². The van der Waals surface area contributed by atoms with Crippen LogP contribution in [0.1, 0.15) is 32.0 Å². The maximum atomic E-state index is 12.7. The molecule has 0 saturated carbocycles. The predicted octanol–water partition coefficient (Wildman–Crippen LogP) is 1.20. The van der Waals surface area contributed by atoms with Crippen molar-refractivity contribution in [3.05, 3.63) is 18.0 Å². The molecule has 1 aromatic heterocycles. The molecule has 120 valence electrons. The molecule has 6 nitrogen and oxygen atoms in total. The number of aromatic nitrogens is 1. The third-order valence-corrected chi connectivity index (χ3v) is 5.79. The minimum absolute atomic E-state index is 0.0647. The van der Waals surface area contributed by atoms with Crippen molar-refractivity contribution in [2.75, 3.05) is 27.3 Å². The zero-order valence-electron chi connectivity index (χ0n) is 13.2. The zero-order chi connectivity index (χ0) is 15.6. The first-order chi connectivity index (χ1) is 9.87. The third kappa shape index (κ3) is 3.31. The van der Waals surface area contributed by atoms with Crippen LogP contribution in [0.15, 0.2) is 17.2 Å². The predicted molar refractivity (Wildman–Crippen MR) is 81.8 cm³/mol. The minimum atomic E-state index is -3.47. The summed E-state index contributed by atoms with van der Waals surface area (Å²) in [5.41, 5.74) is 0.974. The Labute approximate surface area is 127 Å². The van der Waals surface area contributed by atoms with Gasteiger partial charge in [-0.05, 0) is 33.4 Å². The van der Waals surface area contributed by atoms with Gasteiger partial charge in [-0.1, -0.05) is 0 Å². The van der Waals surface area contributed by atoms with Crippen molar-refractivity contribution in [1.29, 1.82) is 0 Å². The molecular weight excluding hydrogens is 290 g/mol. The molecule has 1 N–H and O–H groups in total. The van der Waals surface area contributed by atoms with E-state index >= 15 is 0 Å². The highest BCUT2D eigenvalue weighted by Gasteiger charge is 2.31. The lowest BCUT2D eigenvalue weighted by molar-refractivity contribution is 0.181. The van der Waals surface area contributed by atoms with Gasteiger partial charge in [-0.3, -0.25) is 0 Å². The average molecular weight is 315 g/mol. The van der Waals surface area contributed by atoms with Crippen LogP contribution < -0.4 is 5.32 Å². The van der Waals surface area contributed by atoms with E-state index in [9.17, 15) is 8.42 Å². The van der Waals surface area contributed by atoms with Crippen LogP contribution >= 0.6 is 0 Å². The highest BCUT2D eigenvalue weighted by atomic mass is 32.2. The molecule has 1 aromatic rings. The number of sulfonamides is 1. The Kier molecular flexibility index (Phi) is 5.08. The number of nitrogens with zero attached hydrogens (tertiary/aromatic N) is 2. The molecule has 7 heteroatoms. The maximum Gasteiger partial charge on any atom is 0.244 e. The Bertz CT molecular complexity index is 574. The summed E-state index contributed by atoms with van der Waals surface area (Å²) in [6.45, 7) is 5.84. The summed E-state index contributed by atoms with van der Waals surface area (Å²) in [7, 11) is 0.0218. The van der Waals surface area contributed by atoms with E-state index in [1.807, 2.05) is 25.5 Å². The van der Waals surface area contributed by atoms with Gasteiger partial charge in [-0.2, -0.15) is 4.31 Å². The molecule has 1 fully saturated rings. The first kappa shape index (κ1) is 16.5. The van der Waals surface area contributed by atoms with Crippen LogP contribution in [0.3, 0.4) is 0 Å². The first-order valence-corrected chi connectivity index (χ1v) is 8.73. The summed E-state index contributed by atoms with van der Waals surface area (Å²) in [5, 5.41) is 3.08. The molecule has 1 saturated heterocycles. The molecule has 1 atom stereocenters. The lowest BCUT2D eigenvalue weighted by Crippen LogP contribution is -2.37.